The van der Waals surface area contributed by atoms with Crippen LogP contribution in [0.5, 0.6) is 0 Å². The van der Waals surface area contributed by atoms with Crippen molar-refractivity contribution in [2.24, 2.45) is 0 Å². The summed E-state index contributed by atoms with van der Waals surface area (Å²) in [5, 5.41) is 4.60. The Morgan fingerprint density at radius 1 is 1.33 bits per heavy atom. The topological polar surface area (TPSA) is 25.2 Å². The van der Waals surface area contributed by atoms with Gasteiger partial charge in [-0.1, -0.05) is 31.0 Å². The average molecular weight is 241 g/mol. The third kappa shape index (κ3) is 2.42. The van der Waals surface area contributed by atoms with E-state index in [9.17, 15) is 0 Å². The molecule has 1 aromatic carbocycles. The normalized spacial score (nSPS) is 12.2. The van der Waals surface area contributed by atoms with Crippen LogP contribution in [-0.4, -0.2) is 6.54 Å². The second-order valence-electron chi connectivity index (χ2n) is 4.32. The number of fused-ring (bicyclic) bond motifs is 1. The maximum absolute atomic E-state index is 5.97. The minimum atomic E-state index is 0.188. The molecule has 0 aliphatic carbocycles. The first kappa shape index (κ1) is 12.7. The Hall–Kier alpha value is -1.72. The van der Waals surface area contributed by atoms with Gasteiger partial charge >= 0.3 is 0 Å². The van der Waals surface area contributed by atoms with E-state index in [2.05, 4.69) is 43.1 Å². The van der Waals surface area contributed by atoms with Gasteiger partial charge in [-0.25, -0.2) is 0 Å². The molecule has 1 unspecified atom stereocenters. The molecule has 1 heterocycles. The van der Waals surface area contributed by atoms with E-state index < -0.39 is 0 Å². The lowest BCUT2D eigenvalue weighted by atomic mass is 10.1. The predicted octanol–water partition coefficient (Wildman–Crippen LogP) is 3.67. The van der Waals surface area contributed by atoms with Gasteiger partial charge < -0.3 is 4.42 Å². The van der Waals surface area contributed by atoms with Gasteiger partial charge in [0.1, 0.15) is 11.3 Å². The quantitative estimate of drug-likeness (QED) is 0.826. The zero-order valence-corrected chi connectivity index (χ0v) is 11.2. The molecule has 0 fully saturated rings. The molecule has 18 heavy (non-hydrogen) atoms. The summed E-state index contributed by atoms with van der Waals surface area (Å²) in [6.45, 7) is 6.83. The molecule has 0 bridgehead atoms. The zero-order valence-electron chi connectivity index (χ0n) is 11.2. The first-order valence-corrected chi connectivity index (χ1v) is 6.41. The summed E-state index contributed by atoms with van der Waals surface area (Å²) in [7, 11) is 0. The monoisotopic (exact) mass is 241 g/mol. The number of benzene rings is 1. The van der Waals surface area contributed by atoms with Gasteiger partial charge in [0.2, 0.25) is 0 Å². The van der Waals surface area contributed by atoms with Crippen LogP contribution in [0.4, 0.5) is 0 Å². The van der Waals surface area contributed by atoms with Crippen molar-refractivity contribution in [1.82, 2.24) is 5.32 Å². The van der Waals surface area contributed by atoms with Gasteiger partial charge in [0.15, 0.2) is 0 Å². The standard InChI is InChI=1S/C16H19NO/c1-4-6-11-17-12(3)16-13(5-2)14-9-7-8-10-15(14)18-16/h7-10,12,17H,5,11H2,1-3H3. The highest BCUT2D eigenvalue weighted by molar-refractivity contribution is 5.82. The molecule has 2 heteroatoms. The van der Waals surface area contributed by atoms with Gasteiger partial charge in [0, 0.05) is 10.9 Å². The van der Waals surface area contributed by atoms with E-state index in [0.29, 0.717) is 6.54 Å². The minimum absolute atomic E-state index is 0.188. The smallest absolute Gasteiger partial charge is 0.134 e. The Bertz CT molecular complexity index is 586. The van der Waals surface area contributed by atoms with Crippen molar-refractivity contribution in [2.75, 3.05) is 6.54 Å². The van der Waals surface area contributed by atoms with Crippen LogP contribution in [0.1, 0.15) is 38.1 Å². The van der Waals surface area contributed by atoms with Gasteiger partial charge in [-0.2, -0.15) is 0 Å². The van der Waals surface area contributed by atoms with Gasteiger partial charge in [-0.05, 0) is 26.3 Å². The summed E-state index contributed by atoms with van der Waals surface area (Å²) in [6.07, 6.45) is 0.984. The molecule has 1 atom stereocenters. The van der Waals surface area contributed by atoms with E-state index in [1.807, 2.05) is 19.1 Å². The fourth-order valence-electron chi connectivity index (χ4n) is 2.22. The van der Waals surface area contributed by atoms with Crippen molar-refractivity contribution >= 4 is 11.0 Å². The van der Waals surface area contributed by atoms with Crippen LogP contribution in [0.15, 0.2) is 28.7 Å². The highest BCUT2D eigenvalue weighted by Crippen LogP contribution is 2.30. The maximum atomic E-state index is 5.97. The highest BCUT2D eigenvalue weighted by Gasteiger charge is 2.17. The van der Waals surface area contributed by atoms with Crippen molar-refractivity contribution in [1.29, 1.82) is 0 Å². The molecule has 0 aliphatic heterocycles. The number of furan rings is 1. The second kappa shape index (κ2) is 5.75. The number of hydrogen-bond acceptors (Lipinski definition) is 2. The summed E-state index contributed by atoms with van der Waals surface area (Å²) in [5.74, 6) is 6.94. The summed E-state index contributed by atoms with van der Waals surface area (Å²) < 4.78 is 5.97. The van der Waals surface area contributed by atoms with Crippen LogP contribution < -0.4 is 5.32 Å². The number of nitrogens with one attached hydrogen (secondary N) is 1. The fourth-order valence-corrected chi connectivity index (χ4v) is 2.22. The summed E-state index contributed by atoms with van der Waals surface area (Å²) >= 11 is 0. The van der Waals surface area contributed by atoms with E-state index in [-0.39, 0.29) is 6.04 Å². The lowest BCUT2D eigenvalue weighted by Gasteiger charge is -2.10. The first-order chi connectivity index (χ1) is 8.77. The molecule has 0 spiro atoms. The average Bonchev–Trinajstić information content (AvgIpc) is 2.77. The van der Waals surface area contributed by atoms with E-state index >= 15 is 0 Å². The maximum Gasteiger partial charge on any atom is 0.134 e. The molecular weight excluding hydrogens is 222 g/mol. The number of para-hydroxylation sites is 1. The molecule has 2 rings (SSSR count). The van der Waals surface area contributed by atoms with Crippen molar-refractivity contribution in [2.45, 2.75) is 33.2 Å². The van der Waals surface area contributed by atoms with E-state index in [1.165, 1.54) is 10.9 Å². The lowest BCUT2D eigenvalue weighted by molar-refractivity contribution is 0.461. The van der Waals surface area contributed by atoms with Gasteiger partial charge in [-0.3, -0.25) is 5.32 Å². The van der Waals surface area contributed by atoms with Gasteiger partial charge in [0.05, 0.1) is 12.6 Å². The van der Waals surface area contributed by atoms with Crippen molar-refractivity contribution in [3.05, 3.63) is 35.6 Å². The molecule has 94 valence electrons. The molecular formula is C16H19NO. The van der Waals surface area contributed by atoms with Crippen LogP contribution in [0.2, 0.25) is 0 Å². The Labute approximate surface area is 108 Å². The zero-order chi connectivity index (χ0) is 13.0. The van der Waals surface area contributed by atoms with Crippen LogP contribution in [-0.2, 0) is 6.42 Å². The number of aryl methyl sites for hydroxylation is 1. The predicted molar refractivity (Wildman–Crippen MR) is 75.5 cm³/mol. The largest absolute Gasteiger partial charge is 0.459 e. The van der Waals surface area contributed by atoms with Crippen molar-refractivity contribution in [3.8, 4) is 11.8 Å². The molecule has 2 nitrogen and oxygen atoms in total. The van der Waals surface area contributed by atoms with Gasteiger partial charge in [0.25, 0.3) is 0 Å². The Balaban J connectivity index is 2.33. The van der Waals surface area contributed by atoms with Crippen LogP contribution in [0.3, 0.4) is 0 Å². The molecule has 1 N–H and O–H groups in total. The molecule has 1 aromatic heterocycles. The van der Waals surface area contributed by atoms with Crippen molar-refractivity contribution in [3.63, 3.8) is 0 Å². The molecule has 0 radical (unpaired) electrons. The van der Waals surface area contributed by atoms with Crippen LogP contribution >= 0.6 is 0 Å². The first-order valence-electron chi connectivity index (χ1n) is 6.41. The molecule has 0 saturated carbocycles. The molecule has 2 aromatic rings. The van der Waals surface area contributed by atoms with Crippen LogP contribution in [0.25, 0.3) is 11.0 Å². The second-order valence-corrected chi connectivity index (χ2v) is 4.32. The van der Waals surface area contributed by atoms with Gasteiger partial charge in [-0.15, -0.1) is 5.92 Å². The fraction of sp³-hybridized carbons (Fsp3) is 0.375. The Kier molecular flexibility index (Phi) is 4.07. The Morgan fingerprint density at radius 2 is 2.11 bits per heavy atom. The number of hydrogen-bond donors (Lipinski definition) is 1. The van der Waals surface area contributed by atoms with Crippen LogP contribution in [0, 0.1) is 11.8 Å². The van der Waals surface area contributed by atoms with Crippen molar-refractivity contribution < 1.29 is 4.42 Å². The minimum Gasteiger partial charge on any atom is -0.459 e. The van der Waals surface area contributed by atoms with E-state index in [4.69, 9.17) is 4.42 Å². The lowest BCUT2D eigenvalue weighted by Crippen LogP contribution is -2.19. The highest BCUT2D eigenvalue weighted by atomic mass is 16.3. The molecule has 0 aliphatic rings. The van der Waals surface area contributed by atoms with E-state index in [0.717, 1.165) is 17.8 Å². The molecule has 0 amide bonds. The SMILES string of the molecule is CC#CCNC(C)c1oc2ccccc2c1CC. The summed E-state index contributed by atoms with van der Waals surface area (Å²) in [6, 6.07) is 8.40. The summed E-state index contributed by atoms with van der Waals surface area (Å²) in [4.78, 5) is 0. The third-order valence-corrected chi connectivity index (χ3v) is 3.15. The molecule has 0 saturated heterocycles. The summed E-state index contributed by atoms with van der Waals surface area (Å²) in [5.41, 5.74) is 2.27. The van der Waals surface area contributed by atoms with E-state index in [1.54, 1.807) is 0 Å². The third-order valence-electron chi connectivity index (χ3n) is 3.15. The Morgan fingerprint density at radius 3 is 2.83 bits per heavy atom. The number of rotatable bonds is 4.